The van der Waals surface area contributed by atoms with Gasteiger partial charge in [-0.25, -0.2) is 0 Å². The zero-order valence-electron chi connectivity index (χ0n) is 9.23. The molecule has 0 amide bonds. The number of carboxylic acids is 1. The minimum atomic E-state index is -0.734. The summed E-state index contributed by atoms with van der Waals surface area (Å²) in [5.41, 5.74) is 6.35. The average Bonchev–Trinajstić information content (AvgIpc) is 2.28. The first-order chi connectivity index (χ1) is 7.65. The molecule has 0 bridgehead atoms. The van der Waals surface area contributed by atoms with E-state index < -0.39 is 11.4 Å². The zero-order chi connectivity index (χ0) is 11.6. The van der Waals surface area contributed by atoms with Crippen LogP contribution in [0.2, 0.25) is 0 Å². The highest BCUT2D eigenvalue weighted by Gasteiger charge is 2.50. The van der Waals surface area contributed by atoms with Gasteiger partial charge in [-0.3, -0.25) is 4.79 Å². The molecule has 2 rings (SSSR count). The average molecular weight is 219 g/mol. The molecule has 3 N–H and O–H groups in total. The van der Waals surface area contributed by atoms with Crippen LogP contribution in [0.3, 0.4) is 0 Å². The van der Waals surface area contributed by atoms with Crippen molar-refractivity contribution in [1.82, 2.24) is 0 Å². The van der Waals surface area contributed by atoms with Crippen LogP contribution in [0.15, 0.2) is 30.3 Å². The van der Waals surface area contributed by atoms with Crippen molar-refractivity contribution >= 4 is 5.97 Å². The molecule has 3 nitrogen and oxygen atoms in total. The number of benzene rings is 1. The molecule has 1 saturated carbocycles. The zero-order valence-corrected chi connectivity index (χ0v) is 9.23. The Balaban J connectivity index is 2.01. The van der Waals surface area contributed by atoms with E-state index >= 15 is 0 Å². The largest absolute Gasteiger partial charge is 0.481 e. The second kappa shape index (κ2) is 4.26. The normalized spacial score (nSPS) is 28.4. The minimum Gasteiger partial charge on any atom is -0.481 e. The molecule has 2 atom stereocenters. The summed E-state index contributed by atoms with van der Waals surface area (Å²) in [6.45, 7) is 0. The smallest absolute Gasteiger partial charge is 0.311 e. The third-order valence-corrected chi connectivity index (χ3v) is 3.74. The summed E-state index contributed by atoms with van der Waals surface area (Å²) in [4.78, 5) is 11.3. The Hall–Kier alpha value is -1.35. The van der Waals surface area contributed by atoms with Gasteiger partial charge in [0.1, 0.15) is 0 Å². The second-order valence-corrected chi connectivity index (χ2v) is 4.59. The first kappa shape index (κ1) is 11.1. The maximum absolute atomic E-state index is 11.3. The van der Waals surface area contributed by atoms with Gasteiger partial charge >= 0.3 is 5.97 Å². The second-order valence-electron chi connectivity index (χ2n) is 4.59. The van der Waals surface area contributed by atoms with Crippen LogP contribution < -0.4 is 5.73 Å². The van der Waals surface area contributed by atoms with Gasteiger partial charge in [0, 0.05) is 6.04 Å². The van der Waals surface area contributed by atoms with E-state index in [1.54, 1.807) is 0 Å². The lowest BCUT2D eigenvalue weighted by molar-refractivity contribution is -0.156. The first-order valence-electron chi connectivity index (χ1n) is 5.68. The molecular weight excluding hydrogens is 202 g/mol. The van der Waals surface area contributed by atoms with Crippen molar-refractivity contribution in [3.8, 4) is 0 Å². The fourth-order valence-electron chi connectivity index (χ4n) is 2.35. The maximum atomic E-state index is 11.3. The Morgan fingerprint density at radius 2 is 2.12 bits per heavy atom. The van der Waals surface area contributed by atoms with Crippen LogP contribution in [0.5, 0.6) is 0 Å². The van der Waals surface area contributed by atoms with Crippen molar-refractivity contribution in [3.63, 3.8) is 0 Å². The molecule has 1 aromatic carbocycles. The predicted octanol–water partition coefficient (Wildman–Crippen LogP) is 1.81. The molecule has 0 radical (unpaired) electrons. The monoisotopic (exact) mass is 219 g/mol. The van der Waals surface area contributed by atoms with Gasteiger partial charge in [0.2, 0.25) is 0 Å². The highest BCUT2D eigenvalue weighted by molar-refractivity contribution is 5.77. The lowest BCUT2D eigenvalue weighted by atomic mass is 9.62. The molecule has 2 unspecified atom stereocenters. The fraction of sp³-hybridized carbons (Fsp3) is 0.462. The summed E-state index contributed by atoms with van der Waals surface area (Å²) in [5, 5.41) is 9.25. The molecule has 0 aromatic heterocycles. The number of carbonyl (C=O) groups is 1. The molecular formula is C13H17NO2. The third-order valence-electron chi connectivity index (χ3n) is 3.74. The number of carboxylic acid groups (broad SMARTS) is 1. The lowest BCUT2D eigenvalue weighted by Crippen LogP contribution is -2.55. The summed E-state index contributed by atoms with van der Waals surface area (Å²) in [5.74, 6) is -0.734. The molecule has 1 aliphatic rings. The van der Waals surface area contributed by atoms with Gasteiger partial charge in [0.25, 0.3) is 0 Å². The van der Waals surface area contributed by atoms with E-state index in [-0.39, 0.29) is 6.04 Å². The Morgan fingerprint density at radius 3 is 2.56 bits per heavy atom. The van der Waals surface area contributed by atoms with Gasteiger partial charge < -0.3 is 10.8 Å². The minimum absolute atomic E-state index is 0.172. The summed E-state index contributed by atoms with van der Waals surface area (Å²) in [6.07, 6.45) is 2.99. The van der Waals surface area contributed by atoms with Gasteiger partial charge in [-0.05, 0) is 31.2 Å². The van der Waals surface area contributed by atoms with E-state index in [9.17, 15) is 9.90 Å². The van der Waals surface area contributed by atoms with Crippen LogP contribution in [0.25, 0.3) is 0 Å². The van der Waals surface area contributed by atoms with Crippen LogP contribution in [0, 0.1) is 5.41 Å². The molecule has 86 valence electrons. The van der Waals surface area contributed by atoms with Gasteiger partial charge in [-0.1, -0.05) is 30.3 Å². The van der Waals surface area contributed by atoms with Gasteiger partial charge in [-0.15, -0.1) is 0 Å². The number of rotatable bonds is 4. The Bertz CT molecular complexity index is 377. The van der Waals surface area contributed by atoms with Crippen molar-refractivity contribution in [1.29, 1.82) is 0 Å². The van der Waals surface area contributed by atoms with E-state index in [1.165, 1.54) is 5.56 Å². The number of nitrogens with two attached hydrogens (primary N) is 1. The number of hydrogen-bond donors (Lipinski definition) is 2. The topological polar surface area (TPSA) is 63.3 Å². The van der Waals surface area contributed by atoms with Crippen molar-refractivity contribution in [2.24, 2.45) is 11.1 Å². The molecule has 0 saturated heterocycles. The quantitative estimate of drug-likeness (QED) is 0.811. The van der Waals surface area contributed by atoms with Gasteiger partial charge in [0.05, 0.1) is 5.41 Å². The highest BCUT2D eigenvalue weighted by atomic mass is 16.4. The fourth-order valence-corrected chi connectivity index (χ4v) is 2.35. The van der Waals surface area contributed by atoms with E-state index in [4.69, 9.17) is 5.73 Å². The Kier molecular flexibility index (Phi) is 2.97. The molecule has 3 heteroatoms. The molecule has 0 aliphatic heterocycles. The number of aliphatic carboxylic acids is 1. The third kappa shape index (κ3) is 1.83. The van der Waals surface area contributed by atoms with Crippen molar-refractivity contribution < 1.29 is 9.90 Å². The van der Waals surface area contributed by atoms with Gasteiger partial charge in [-0.2, -0.15) is 0 Å². The standard InChI is InChI=1S/C13H17NO2/c14-11-7-9-13(11,12(15)16)8-6-10-4-2-1-3-5-10/h1-5,11H,6-9,14H2,(H,15,16). The Labute approximate surface area is 95.3 Å². The summed E-state index contributed by atoms with van der Waals surface area (Å²) in [6, 6.07) is 9.80. The van der Waals surface area contributed by atoms with Crippen LogP contribution in [-0.2, 0) is 11.2 Å². The predicted molar refractivity (Wildman–Crippen MR) is 62.0 cm³/mol. The summed E-state index contributed by atoms with van der Waals surface area (Å²) < 4.78 is 0. The van der Waals surface area contributed by atoms with Gasteiger partial charge in [0.15, 0.2) is 0 Å². The van der Waals surface area contributed by atoms with Crippen molar-refractivity contribution in [2.45, 2.75) is 31.7 Å². The molecule has 1 fully saturated rings. The maximum Gasteiger partial charge on any atom is 0.311 e. The van der Waals surface area contributed by atoms with Crippen LogP contribution in [0.4, 0.5) is 0 Å². The molecule has 0 heterocycles. The van der Waals surface area contributed by atoms with E-state index in [0.29, 0.717) is 6.42 Å². The van der Waals surface area contributed by atoms with E-state index in [0.717, 1.165) is 19.3 Å². The summed E-state index contributed by atoms with van der Waals surface area (Å²) in [7, 11) is 0. The highest BCUT2D eigenvalue weighted by Crippen LogP contribution is 2.43. The number of aryl methyl sites for hydroxylation is 1. The Morgan fingerprint density at radius 1 is 1.44 bits per heavy atom. The summed E-state index contributed by atoms with van der Waals surface area (Å²) >= 11 is 0. The van der Waals surface area contributed by atoms with Crippen LogP contribution in [0.1, 0.15) is 24.8 Å². The van der Waals surface area contributed by atoms with Crippen LogP contribution in [-0.4, -0.2) is 17.1 Å². The molecule has 0 spiro atoms. The van der Waals surface area contributed by atoms with Crippen molar-refractivity contribution in [2.75, 3.05) is 0 Å². The lowest BCUT2D eigenvalue weighted by Gasteiger charge is -2.44. The first-order valence-corrected chi connectivity index (χ1v) is 5.68. The van der Waals surface area contributed by atoms with Crippen LogP contribution >= 0.6 is 0 Å². The number of hydrogen-bond acceptors (Lipinski definition) is 2. The molecule has 1 aliphatic carbocycles. The molecule has 16 heavy (non-hydrogen) atoms. The van der Waals surface area contributed by atoms with E-state index in [1.807, 2.05) is 30.3 Å². The molecule has 1 aromatic rings. The SMILES string of the molecule is NC1CCC1(CCc1ccccc1)C(=O)O. The van der Waals surface area contributed by atoms with Crippen molar-refractivity contribution in [3.05, 3.63) is 35.9 Å². The van der Waals surface area contributed by atoms with E-state index in [2.05, 4.69) is 0 Å².